The lowest BCUT2D eigenvalue weighted by atomic mass is 9.96. The van der Waals surface area contributed by atoms with Crippen molar-refractivity contribution in [3.05, 3.63) is 70.2 Å². The van der Waals surface area contributed by atoms with Gasteiger partial charge in [0, 0.05) is 23.7 Å². The molecule has 1 aliphatic rings. The van der Waals surface area contributed by atoms with Gasteiger partial charge in [-0.25, -0.2) is 0 Å². The highest BCUT2D eigenvalue weighted by atomic mass is 35.5. The molecule has 0 aliphatic carbocycles. The average Bonchev–Trinajstić information content (AvgIpc) is 2.67. The SMILES string of the molecule is Cc1ccccc1C(=O)N1CCC(C(=O)OCc2ccc(Cl)cc2)CC1. The first kappa shape index (κ1) is 18.5. The number of ether oxygens (including phenoxy) is 1. The minimum Gasteiger partial charge on any atom is -0.461 e. The second-order valence-corrected chi connectivity index (χ2v) is 7.05. The van der Waals surface area contributed by atoms with Crippen LogP contribution in [0.5, 0.6) is 0 Å². The number of rotatable bonds is 4. The van der Waals surface area contributed by atoms with Crippen molar-refractivity contribution < 1.29 is 14.3 Å². The second-order valence-electron chi connectivity index (χ2n) is 6.62. The van der Waals surface area contributed by atoms with Gasteiger partial charge < -0.3 is 9.64 Å². The summed E-state index contributed by atoms with van der Waals surface area (Å²) in [6.07, 6.45) is 1.27. The van der Waals surface area contributed by atoms with E-state index in [0.717, 1.165) is 16.7 Å². The maximum atomic E-state index is 12.6. The van der Waals surface area contributed by atoms with Crippen molar-refractivity contribution in [2.24, 2.45) is 5.92 Å². The third-order valence-electron chi connectivity index (χ3n) is 4.79. The first-order valence-corrected chi connectivity index (χ1v) is 9.18. The van der Waals surface area contributed by atoms with E-state index in [9.17, 15) is 9.59 Å². The summed E-state index contributed by atoms with van der Waals surface area (Å²) in [6, 6.07) is 14.8. The van der Waals surface area contributed by atoms with Crippen LogP contribution >= 0.6 is 11.6 Å². The fourth-order valence-electron chi connectivity index (χ4n) is 3.15. The number of benzene rings is 2. The summed E-state index contributed by atoms with van der Waals surface area (Å²) in [7, 11) is 0. The molecule has 1 aliphatic heterocycles. The lowest BCUT2D eigenvalue weighted by Gasteiger charge is -2.31. The highest BCUT2D eigenvalue weighted by Gasteiger charge is 2.29. The van der Waals surface area contributed by atoms with Gasteiger partial charge in [-0.3, -0.25) is 9.59 Å². The number of piperidine rings is 1. The molecule has 0 unspecified atom stereocenters. The zero-order chi connectivity index (χ0) is 18.5. The van der Waals surface area contributed by atoms with Gasteiger partial charge >= 0.3 is 5.97 Å². The quantitative estimate of drug-likeness (QED) is 0.755. The average molecular weight is 372 g/mol. The number of aryl methyl sites for hydroxylation is 1. The van der Waals surface area contributed by atoms with Gasteiger partial charge in [0.25, 0.3) is 5.91 Å². The van der Waals surface area contributed by atoms with Crippen LogP contribution in [0.4, 0.5) is 0 Å². The largest absolute Gasteiger partial charge is 0.461 e. The Hall–Kier alpha value is -2.33. The number of amides is 1. The van der Waals surface area contributed by atoms with E-state index in [1.807, 2.05) is 48.2 Å². The van der Waals surface area contributed by atoms with Gasteiger partial charge in [0.15, 0.2) is 0 Å². The van der Waals surface area contributed by atoms with Gasteiger partial charge in [-0.05, 0) is 49.1 Å². The summed E-state index contributed by atoms with van der Waals surface area (Å²) in [6.45, 7) is 3.34. The Morgan fingerprint density at radius 3 is 2.38 bits per heavy atom. The van der Waals surface area contributed by atoms with Gasteiger partial charge in [0.05, 0.1) is 5.92 Å². The third-order valence-corrected chi connectivity index (χ3v) is 5.04. The lowest BCUT2D eigenvalue weighted by Crippen LogP contribution is -2.40. The molecule has 0 radical (unpaired) electrons. The summed E-state index contributed by atoms with van der Waals surface area (Å²) in [5.41, 5.74) is 2.62. The molecule has 26 heavy (non-hydrogen) atoms. The smallest absolute Gasteiger partial charge is 0.309 e. The summed E-state index contributed by atoms with van der Waals surface area (Å²) in [5.74, 6) is -0.303. The Labute approximate surface area is 158 Å². The van der Waals surface area contributed by atoms with Crippen molar-refractivity contribution in [2.75, 3.05) is 13.1 Å². The van der Waals surface area contributed by atoms with Crippen LogP contribution in [0.3, 0.4) is 0 Å². The zero-order valence-electron chi connectivity index (χ0n) is 14.8. The molecule has 3 rings (SSSR count). The van der Waals surface area contributed by atoms with Crippen LogP contribution in [0.2, 0.25) is 5.02 Å². The first-order valence-electron chi connectivity index (χ1n) is 8.80. The maximum absolute atomic E-state index is 12.6. The topological polar surface area (TPSA) is 46.6 Å². The minimum atomic E-state index is -0.192. The number of halogens is 1. The normalized spacial score (nSPS) is 14.9. The molecule has 0 saturated carbocycles. The number of likely N-dealkylation sites (tertiary alicyclic amines) is 1. The second kappa shape index (κ2) is 8.37. The van der Waals surface area contributed by atoms with Crippen LogP contribution in [-0.2, 0) is 16.1 Å². The Morgan fingerprint density at radius 1 is 1.08 bits per heavy atom. The van der Waals surface area contributed by atoms with Crippen molar-refractivity contribution in [3.63, 3.8) is 0 Å². The van der Waals surface area contributed by atoms with Crippen molar-refractivity contribution in [1.29, 1.82) is 0 Å². The van der Waals surface area contributed by atoms with E-state index in [1.165, 1.54) is 0 Å². The van der Waals surface area contributed by atoms with Crippen LogP contribution in [0, 0.1) is 12.8 Å². The molecule has 1 heterocycles. The first-order chi connectivity index (χ1) is 12.5. The van der Waals surface area contributed by atoms with E-state index >= 15 is 0 Å². The zero-order valence-corrected chi connectivity index (χ0v) is 15.5. The van der Waals surface area contributed by atoms with Crippen LogP contribution in [0.15, 0.2) is 48.5 Å². The molecular formula is C21H22ClNO3. The predicted molar refractivity (Wildman–Crippen MR) is 101 cm³/mol. The van der Waals surface area contributed by atoms with Crippen molar-refractivity contribution >= 4 is 23.5 Å². The summed E-state index contributed by atoms with van der Waals surface area (Å²) >= 11 is 5.85. The number of carbonyl (C=O) groups excluding carboxylic acids is 2. The molecule has 0 bridgehead atoms. The monoisotopic (exact) mass is 371 g/mol. The highest BCUT2D eigenvalue weighted by Crippen LogP contribution is 2.22. The molecule has 5 heteroatoms. The van der Waals surface area contributed by atoms with Crippen molar-refractivity contribution in [3.8, 4) is 0 Å². The van der Waals surface area contributed by atoms with Crippen LogP contribution < -0.4 is 0 Å². The van der Waals surface area contributed by atoms with Gasteiger partial charge in [0.2, 0.25) is 0 Å². The molecule has 0 aromatic heterocycles. The third kappa shape index (κ3) is 4.44. The standard InChI is InChI=1S/C21H22ClNO3/c1-15-4-2-3-5-19(15)20(24)23-12-10-17(11-13-23)21(25)26-14-16-6-8-18(22)9-7-16/h2-9,17H,10-14H2,1H3. The fourth-order valence-corrected chi connectivity index (χ4v) is 3.28. The molecule has 0 atom stereocenters. The van der Waals surface area contributed by atoms with Gasteiger partial charge in [-0.1, -0.05) is 41.9 Å². The fraction of sp³-hybridized carbons (Fsp3) is 0.333. The number of nitrogens with zero attached hydrogens (tertiary/aromatic N) is 1. The molecule has 0 spiro atoms. The van der Waals surface area contributed by atoms with E-state index in [4.69, 9.17) is 16.3 Å². The maximum Gasteiger partial charge on any atom is 0.309 e. The minimum absolute atomic E-state index is 0.0380. The molecule has 2 aromatic carbocycles. The Kier molecular flexibility index (Phi) is 5.94. The van der Waals surface area contributed by atoms with Crippen molar-refractivity contribution in [1.82, 2.24) is 4.90 Å². The van der Waals surface area contributed by atoms with Crippen LogP contribution in [-0.4, -0.2) is 29.9 Å². The van der Waals surface area contributed by atoms with E-state index in [2.05, 4.69) is 0 Å². The molecular weight excluding hydrogens is 350 g/mol. The highest BCUT2D eigenvalue weighted by molar-refractivity contribution is 6.30. The number of hydrogen-bond donors (Lipinski definition) is 0. The Morgan fingerprint density at radius 2 is 1.73 bits per heavy atom. The van der Waals surface area contributed by atoms with Gasteiger partial charge in [0.1, 0.15) is 6.61 Å². The number of hydrogen-bond acceptors (Lipinski definition) is 3. The predicted octanol–water partition coefficient (Wildman–Crippen LogP) is 4.24. The van der Waals surface area contributed by atoms with Crippen LogP contribution in [0.1, 0.15) is 34.3 Å². The summed E-state index contributed by atoms with van der Waals surface area (Å²) in [5, 5.41) is 0.658. The molecule has 2 aromatic rings. The Bertz CT molecular complexity index is 780. The van der Waals surface area contributed by atoms with E-state index in [-0.39, 0.29) is 24.4 Å². The molecule has 1 saturated heterocycles. The molecule has 1 fully saturated rings. The lowest BCUT2D eigenvalue weighted by molar-refractivity contribution is -0.151. The van der Waals surface area contributed by atoms with Crippen molar-refractivity contribution in [2.45, 2.75) is 26.4 Å². The molecule has 1 amide bonds. The van der Waals surface area contributed by atoms with E-state index in [1.54, 1.807) is 12.1 Å². The molecule has 136 valence electrons. The van der Waals surface area contributed by atoms with Gasteiger partial charge in [-0.15, -0.1) is 0 Å². The number of esters is 1. The molecule has 0 N–H and O–H groups in total. The Balaban J connectivity index is 1.50. The number of carbonyl (C=O) groups is 2. The van der Waals surface area contributed by atoms with Gasteiger partial charge in [-0.2, -0.15) is 0 Å². The summed E-state index contributed by atoms with van der Waals surface area (Å²) in [4.78, 5) is 26.7. The van der Waals surface area contributed by atoms with Crippen LogP contribution in [0.25, 0.3) is 0 Å². The summed E-state index contributed by atoms with van der Waals surface area (Å²) < 4.78 is 5.42. The van der Waals surface area contributed by atoms with E-state index < -0.39 is 0 Å². The molecule has 4 nitrogen and oxygen atoms in total. The van der Waals surface area contributed by atoms with E-state index in [0.29, 0.717) is 31.0 Å².